The van der Waals surface area contributed by atoms with Gasteiger partial charge in [-0.25, -0.2) is 8.78 Å². The van der Waals surface area contributed by atoms with Gasteiger partial charge < -0.3 is 10.4 Å². The Balaban J connectivity index is 2.09. The van der Waals surface area contributed by atoms with Crippen LogP contribution in [0.5, 0.6) is 0 Å². The van der Waals surface area contributed by atoms with Crippen molar-refractivity contribution < 1.29 is 18.7 Å². The van der Waals surface area contributed by atoms with Crippen LogP contribution >= 0.6 is 0 Å². The number of hydrogen-bond acceptors (Lipinski definition) is 2. The van der Waals surface area contributed by atoms with Crippen LogP contribution in [0.4, 0.5) is 14.5 Å². The van der Waals surface area contributed by atoms with Gasteiger partial charge in [0.2, 0.25) is 5.91 Å². The van der Waals surface area contributed by atoms with Crippen molar-refractivity contribution in [3.05, 3.63) is 64.7 Å². The molecule has 2 rings (SSSR count). The first-order chi connectivity index (χ1) is 9.99. The first-order valence-electron chi connectivity index (χ1n) is 6.44. The van der Waals surface area contributed by atoms with Gasteiger partial charge in [0.1, 0.15) is 0 Å². The third kappa shape index (κ3) is 3.86. The molecule has 2 N–H and O–H groups in total. The Labute approximate surface area is 121 Å². The zero-order valence-electron chi connectivity index (χ0n) is 11.5. The Morgan fingerprint density at radius 3 is 2.48 bits per heavy atom. The summed E-state index contributed by atoms with van der Waals surface area (Å²) in [5, 5.41) is 11.8. The number of halogens is 2. The van der Waals surface area contributed by atoms with E-state index < -0.39 is 11.6 Å². The van der Waals surface area contributed by atoms with Crippen molar-refractivity contribution in [3.63, 3.8) is 0 Å². The summed E-state index contributed by atoms with van der Waals surface area (Å²) in [6.45, 7) is 1.71. The lowest BCUT2D eigenvalue weighted by atomic mass is 10.1. The lowest BCUT2D eigenvalue weighted by Crippen LogP contribution is -2.15. The summed E-state index contributed by atoms with van der Waals surface area (Å²) in [6, 6.07) is 8.61. The van der Waals surface area contributed by atoms with Crippen molar-refractivity contribution in [2.24, 2.45) is 0 Å². The number of aliphatic hydroxyl groups excluding tert-OH is 1. The minimum atomic E-state index is -0.973. The van der Waals surface area contributed by atoms with Crippen molar-refractivity contribution in [2.45, 2.75) is 20.0 Å². The molecule has 0 aliphatic rings. The van der Waals surface area contributed by atoms with Gasteiger partial charge in [0.15, 0.2) is 11.6 Å². The Morgan fingerprint density at radius 2 is 1.81 bits per heavy atom. The quantitative estimate of drug-likeness (QED) is 0.910. The average molecular weight is 291 g/mol. The molecule has 21 heavy (non-hydrogen) atoms. The molecule has 0 aliphatic heterocycles. The molecule has 5 heteroatoms. The topological polar surface area (TPSA) is 49.3 Å². The van der Waals surface area contributed by atoms with Crippen LogP contribution < -0.4 is 5.32 Å². The number of anilines is 1. The number of aliphatic hydroxyl groups is 1. The minimum Gasteiger partial charge on any atom is -0.392 e. The molecule has 2 aromatic rings. The van der Waals surface area contributed by atoms with Crippen LogP contribution in [-0.4, -0.2) is 11.0 Å². The van der Waals surface area contributed by atoms with Crippen LogP contribution in [0.3, 0.4) is 0 Å². The summed E-state index contributed by atoms with van der Waals surface area (Å²) in [5.41, 5.74) is 2.52. The van der Waals surface area contributed by atoms with E-state index in [-0.39, 0.29) is 18.9 Å². The highest BCUT2D eigenvalue weighted by Crippen LogP contribution is 2.17. The summed E-state index contributed by atoms with van der Waals surface area (Å²) < 4.78 is 25.9. The van der Waals surface area contributed by atoms with Gasteiger partial charge >= 0.3 is 0 Å². The van der Waals surface area contributed by atoms with Gasteiger partial charge in [-0.15, -0.1) is 0 Å². The number of benzene rings is 2. The van der Waals surface area contributed by atoms with Crippen molar-refractivity contribution in [2.75, 3.05) is 5.32 Å². The fourth-order valence-electron chi connectivity index (χ4n) is 1.93. The summed E-state index contributed by atoms with van der Waals surface area (Å²) in [6.07, 6.45) is -0.0556. The Bertz CT molecular complexity index is 671. The lowest BCUT2D eigenvalue weighted by Gasteiger charge is -2.10. The highest BCUT2D eigenvalue weighted by molar-refractivity contribution is 5.93. The number of carbonyl (C=O) groups excluding carboxylic acids is 1. The zero-order valence-corrected chi connectivity index (χ0v) is 11.5. The zero-order chi connectivity index (χ0) is 15.4. The van der Waals surface area contributed by atoms with Gasteiger partial charge in [0.25, 0.3) is 0 Å². The second-order valence-electron chi connectivity index (χ2n) is 4.78. The van der Waals surface area contributed by atoms with E-state index in [1.807, 2.05) is 6.92 Å². The maximum absolute atomic E-state index is 13.1. The van der Waals surface area contributed by atoms with Crippen molar-refractivity contribution in [3.8, 4) is 0 Å². The van der Waals surface area contributed by atoms with Crippen LogP contribution in [-0.2, 0) is 17.8 Å². The van der Waals surface area contributed by atoms with Crippen LogP contribution in [0.15, 0.2) is 36.4 Å². The number of rotatable bonds is 4. The SMILES string of the molecule is Cc1ccc(CO)cc1NC(=O)Cc1ccc(F)c(F)c1. The molecule has 0 fully saturated rings. The predicted molar refractivity (Wildman–Crippen MR) is 75.8 cm³/mol. The highest BCUT2D eigenvalue weighted by Gasteiger charge is 2.09. The molecule has 2 aromatic carbocycles. The van der Waals surface area contributed by atoms with Gasteiger partial charge in [-0.2, -0.15) is 0 Å². The van der Waals surface area contributed by atoms with Crippen molar-refractivity contribution in [1.29, 1.82) is 0 Å². The van der Waals surface area contributed by atoms with Crippen molar-refractivity contribution in [1.82, 2.24) is 0 Å². The van der Waals surface area contributed by atoms with E-state index in [9.17, 15) is 13.6 Å². The molecular weight excluding hydrogens is 276 g/mol. The summed E-state index contributed by atoms with van der Waals surface area (Å²) in [7, 11) is 0. The maximum Gasteiger partial charge on any atom is 0.228 e. The first-order valence-corrected chi connectivity index (χ1v) is 6.44. The van der Waals surface area contributed by atoms with Gasteiger partial charge in [0, 0.05) is 5.69 Å². The Kier molecular flexibility index (Phi) is 4.65. The molecule has 0 bridgehead atoms. The van der Waals surface area contributed by atoms with E-state index in [2.05, 4.69) is 5.32 Å². The smallest absolute Gasteiger partial charge is 0.228 e. The molecule has 3 nitrogen and oxygen atoms in total. The third-order valence-electron chi connectivity index (χ3n) is 3.11. The summed E-state index contributed by atoms with van der Waals surface area (Å²) >= 11 is 0. The molecular formula is C16H15F2NO2. The van der Waals surface area contributed by atoms with E-state index in [0.717, 1.165) is 17.7 Å². The molecule has 0 saturated heterocycles. The highest BCUT2D eigenvalue weighted by atomic mass is 19.2. The Morgan fingerprint density at radius 1 is 1.10 bits per heavy atom. The van der Waals surface area contributed by atoms with Crippen LogP contribution in [0.25, 0.3) is 0 Å². The fourth-order valence-corrected chi connectivity index (χ4v) is 1.93. The molecule has 1 amide bonds. The van der Waals surface area contributed by atoms with Crippen LogP contribution in [0.1, 0.15) is 16.7 Å². The van der Waals surface area contributed by atoms with Gasteiger partial charge in [-0.1, -0.05) is 18.2 Å². The molecule has 0 unspecified atom stereocenters. The van der Waals surface area contributed by atoms with E-state index in [1.54, 1.807) is 18.2 Å². The molecule has 0 heterocycles. The number of hydrogen-bond donors (Lipinski definition) is 2. The number of nitrogens with one attached hydrogen (secondary N) is 1. The van der Waals surface area contributed by atoms with Gasteiger partial charge in [0.05, 0.1) is 13.0 Å². The number of carbonyl (C=O) groups is 1. The predicted octanol–water partition coefficient (Wildman–Crippen LogP) is 2.95. The molecule has 0 aromatic heterocycles. The third-order valence-corrected chi connectivity index (χ3v) is 3.11. The second kappa shape index (κ2) is 6.45. The van der Waals surface area contributed by atoms with Crippen molar-refractivity contribution >= 4 is 11.6 Å². The number of amides is 1. The molecule has 0 aliphatic carbocycles. The maximum atomic E-state index is 13.1. The Hall–Kier alpha value is -2.27. The molecule has 0 radical (unpaired) electrons. The summed E-state index contributed by atoms with van der Waals surface area (Å²) in [5.74, 6) is -2.25. The molecule has 0 spiro atoms. The van der Waals surface area contributed by atoms with Crippen LogP contribution in [0, 0.1) is 18.6 Å². The molecule has 0 saturated carbocycles. The van der Waals surface area contributed by atoms with E-state index >= 15 is 0 Å². The average Bonchev–Trinajstić information content (AvgIpc) is 2.45. The van der Waals surface area contributed by atoms with E-state index in [1.165, 1.54) is 6.07 Å². The fraction of sp³-hybridized carbons (Fsp3) is 0.188. The first kappa shape index (κ1) is 15.1. The van der Waals surface area contributed by atoms with Gasteiger partial charge in [-0.05, 0) is 41.8 Å². The summed E-state index contributed by atoms with van der Waals surface area (Å²) in [4.78, 5) is 11.9. The minimum absolute atomic E-state index is 0.0556. The standard InChI is InChI=1S/C16H15F2NO2/c1-10-2-3-12(9-20)7-15(10)19-16(21)8-11-4-5-13(17)14(18)6-11/h2-7,20H,8-9H2,1H3,(H,19,21). The van der Waals surface area contributed by atoms with E-state index in [4.69, 9.17) is 5.11 Å². The monoisotopic (exact) mass is 291 g/mol. The van der Waals surface area contributed by atoms with Crippen LogP contribution in [0.2, 0.25) is 0 Å². The second-order valence-corrected chi connectivity index (χ2v) is 4.78. The molecule has 0 atom stereocenters. The van der Waals surface area contributed by atoms with Gasteiger partial charge in [-0.3, -0.25) is 4.79 Å². The largest absolute Gasteiger partial charge is 0.392 e. The number of aryl methyl sites for hydroxylation is 1. The lowest BCUT2D eigenvalue weighted by molar-refractivity contribution is -0.115. The molecule has 110 valence electrons. The van der Waals surface area contributed by atoms with E-state index in [0.29, 0.717) is 16.8 Å². The normalized spacial score (nSPS) is 10.5.